The Bertz CT molecular complexity index is 1110. The van der Waals surface area contributed by atoms with E-state index in [1.165, 1.54) is 6.07 Å². The van der Waals surface area contributed by atoms with E-state index in [9.17, 15) is 18.0 Å². The van der Waals surface area contributed by atoms with E-state index in [-0.39, 0.29) is 30.8 Å². The van der Waals surface area contributed by atoms with Crippen LogP contribution in [0.15, 0.2) is 18.2 Å². The van der Waals surface area contributed by atoms with Crippen molar-refractivity contribution >= 4 is 23.5 Å². The molecule has 4 rings (SSSR count). The van der Waals surface area contributed by atoms with Crippen molar-refractivity contribution < 1.29 is 22.7 Å². The van der Waals surface area contributed by atoms with Crippen LogP contribution in [0, 0.1) is 6.57 Å². The molecule has 0 spiro atoms. The number of hydrogen-bond acceptors (Lipinski definition) is 6. The van der Waals surface area contributed by atoms with E-state index >= 15 is 0 Å². The van der Waals surface area contributed by atoms with Gasteiger partial charge in [0, 0.05) is 18.8 Å². The van der Waals surface area contributed by atoms with Crippen LogP contribution in [0.2, 0.25) is 0 Å². The molecule has 2 aromatic rings. The molecule has 2 aliphatic heterocycles. The first-order valence-corrected chi connectivity index (χ1v) is 10.3. The zero-order valence-electron chi connectivity index (χ0n) is 17.8. The molecule has 9 nitrogen and oxygen atoms in total. The van der Waals surface area contributed by atoms with E-state index in [1.54, 1.807) is 16.7 Å². The molecule has 12 heteroatoms. The number of fused-ring (bicyclic) bond motifs is 1. The maximum absolute atomic E-state index is 13.2. The number of nitrogens with zero attached hydrogens (tertiary/aromatic N) is 5. The van der Waals surface area contributed by atoms with E-state index in [2.05, 4.69) is 20.1 Å². The lowest BCUT2D eigenvalue weighted by molar-refractivity contribution is -0.137. The molecule has 0 radical (unpaired) electrons. The molecule has 3 heterocycles. The predicted molar refractivity (Wildman–Crippen MR) is 113 cm³/mol. The Labute approximate surface area is 188 Å². The van der Waals surface area contributed by atoms with Crippen molar-refractivity contribution in [3.63, 3.8) is 0 Å². The molecule has 33 heavy (non-hydrogen) atoms. The number of amides is 2. The number of hydrogen-bond donors (Lipinski definition) is 2. The highest BCUT2D eigenvalue weighted by molar-refractivity contribution is 5.76. The van der Waals surface area contributed by atoms with Gasteiger partial charge < -0.3 is 30.4 Å². The fourth-order valence-electron chi connectivity index (χ4n) is 3.88. The average Bonchev–Trinajstić information content (AvgIpc) is 3.22. The summed E-state index contributed by atoms with van der Waals surface area (Å²) in [5.74, 6) is 0.208. The lowest BCUT2D eigenvalue weighted by atomic mass is 10.0. The monoisotopic (exact) mass is 461 g/mol. The van der Waals surface area contributed by atoms with Crippen LogP contribution in [-0.2, 0) is 24.0 Å². The smallest absolute Gasteiger partial charge is 0.399 e. The Balaban J connectivity index is 1.59. The molecule has 1 aromatic heterocycles. The van der Waals surface area contributed by atoms with Gasteiger partial charge in [-0.2, -0.15) is 18.2 Å². The highest BCUT2D eigenvalue weighted by atomic mass is 19.4. The summed E-state index contributed by atoms with van der Waals surface area (Å²) in [6, 6.07) is 2.60. The molecule has 3 N–H and O–H groups in total. The van der Waals surface area contributed by atoms with E-state index < -0.39 is 17.8 Å². The van der Waals surface area contributed by atoms with Gasteiger partial charge in [0.2, 0.25) is 0 Å². The summed E-state index contributed by atoms with van der Waals surface area (Å²) in [5, 5.41) is 3.09. The summed E-state index contributed by atoms with van der Waals surface area (Å²) in [4.78, 5) is 28.0. The first-order valence-electron chi connectivity index (χ1n) is 10.3. The first-order chi connectivity index (χ1) is 15.7. The van der Waals surface area contributed by atoms with Gasteiger partial charge in [0.15, 0.2) is 5.82 Å². The van der Waals surface area contributed by atoms with Gasteiger partial charge in [-0.1, -0.05) is 0 Å². The number of nitrogens with two attached hydrogens (primary N) is 1. The van der Waals surface area contributed by atoms with Gasteiger partial charge in [0.05, 0.1) is 43.5 Å². The first kappa shape index (κ1) is 22.6. The zero-order valence-corrected chi connectivity index (χ0v) is 17.8. The van der Waals surface area contributed by atoms with Crippen LogP contribution >= 0.6 is 0 Å². The van der Waals surface area contributed by atoms with Crippen molar-refractivity contribution in [2.24, 2.45) is 0 Å². The van der Waals surface area contributed by atoms with Crippen molar-refractivity contribution in [1.29, 1.82) is 0 Å². The predicted octanol–water partition coefficient (Wildman–Crippen LogP) is 3.57. The van der Waals surface area contributed by atoms with Gasteiger partial charge in [0.1, 0.15) is 5.69 Å². The molecule has 1 atom stereocenters. The Morgan fingerprint density at radius 3 is 2.61 bits per heavy atom. The van der Waals surface area contributed by atoms with Gasteiger partial charge in [-0.3, -0.25) is 0 Å². The van der Waals surface area contributed by atoms with Gasteiger partial charge >= 0.3 is 18.2 Å². The Hall–Kier alpha value is -3.59. The number of anilines is 2. The number of rotatable bonds is 3. The number of carbonyl (C=O) groups is 1. The van der Waals surface area contributed by atoms with Crippen molar-refractivity contribution in [1.82, 2.24) is 19.8 Å². The van der Waals surface area contributed by atoms with Gasteiger partial charge in [0.25, 0.3) is 0 Å². The van der Waals surface area contributed by atoms with Crippen molar-refractivity contribution in [2.75, 3.05) is 37.4 Å². The summed E-state index contributed by atoms with van der Waals surface area (Å²) in [6.07, 6.45) is -4.53. The van der Waals surface area contributed by atoms with Gasteiger partial charge in [-0.15, -0.1) is 11.6 Å². The third-order valence-electron chi connectivity index (χ3n) is 5.58. The van der Waals surface area contributed by atoms with Crippen LogP contribution in [-0.4, -0.2) is 52.1 Å². The Morgan fingerprint density at radius 1 is 1.21 bits per heavy atom. The van der Waals surface area contributed by atoms with E-state index in [1.807, 2.05) is 0 Å². The minimum absolute atomic E-state index is 0.00878. The number of ether oxygens (including phenoxy) is 1. The topological polar surface area (TPSA) is 101 Å². The molecular formula is C21H22F3N7O2. The maximum Gasteiger partial charge on any atom is 0.416 e. The SMILES string of the molecule is [C-]#[N+]c1nc2c(c(N[C@H](C)c3cc(N)cc(C(F)(F)F)c3)n1)CN(C(=O)N1CCOCC1)C2. The van der Waals surface area contributed by atoms with Crippen LogP contribution in [0.5, 0.6) is 0 Å². The number of carbonyl (C=O) groups excluding carboxylic acids is 1. The lowest BCUT2D eigenvalue weighted by Gasteiger charge is -2.30. The normalized spacial score (nSPS) is 16.8. The number of benzene rings is 1. The second kappa shape index (κ2) is 8.74. The lowest BCUT2D eigenvalue weighted by Crippen LogP contribution is -2.46. The molecule has 2 aliphatic rings. The molecule has 0 unspecified atom stereocenters. The van der Waals surface area contributed by atoms with Crippen LogP contribution in [0.25, 0.3) is 4.85 Å². The Morgan fingerprint density at radius 2 is 1.94 bits per heavy atom. The summed E-state index contributed by atoms with van der Waals surface area (Å²) >= 11 is 0. The Kier molecular flexibility index (Phi) is 5.99. The standard InChI is InChI=1S/C21H22F3N7O2/c1-12(13-7-14(21(22,23)24)9-15(25)8-13)27-18-16-10-31(11-17(16)28-19(26-2)29-18)20(32)30-3-5-33-6-4-30/h7-9,12H,3-6,10-11,25H2,1H3,(H,27,28,29)/t12-/m1/s1. The second-order valence-electron chi connectivity index (χ2n) is 7.90. The van der Waals surface area contributed by atoms with Crippen molar-refractivity contribution in [3.8, 4) is 0 Å². The molecule has 1 fully saturated rings. The van der Waals surface area contributed by atoms with Crippen LogP contribution < -0.4 is 11.1 Å². The quantitative estimate of drug-likeness (QED) is 0.536. The minimum atomic E-state index is -4.53. The van der Waals surface area contributed by atoms with Crippen molar-refractivity contribution in [3.05, 3.63) is 52.0 Å². The maximum atomic E-state index is 13.2. The van der Waals surface area contributed by atoms with Gasteiger partial charge in [-0.25, -0.2) is 4.79 Å². The molecular weight excluding hydrogens is 439 g/mol. The molecule has 2 amide bonds. The number of morpholine rings is 1. The number of urea groups is 1. The van der Waals surface area contributed by atoms with Crippen LogP contribution in [0.1, 0.15) is 35.3 Å². The van der Waals surface area contributed by atoms with Crippen LogP contribution in [0.3, 0.4) is 0 Å². The number of aromatic nitrogens is 2. The number of nitrogens with one attached hydrogen (secondary N) is 1. The van der Waals surface area contributed by atoms with Gasteiger partial charge in [-0.05, 0) is 30.7 Å². The molecule has 1 aromatic carbocycles. The average molecular weight is 461 g/mol. The highest BCUT2D eigenvalue weighted by Crippen LogP contribution is 2.35. The van der Waals surface area contributed by atoms with Crippen molar-refractivity contribution in [2.45, 2.75) is 32.2 Å². The number of nitrogen functional groups attached to an aromatic ring is 1. The van der Waals surface area contributed by atoms with E-state index in [0.29, 0.717) is 48.9 Å². The third kappa shape index (κ3) is 4.78. The molecule has 0 aliphatic carbocycles. The molecule has 174 valence electrons. The summed E-state index contributed by atoms with van der Waals surface area (Å²) < 4.78 is 44.9. The second-order valence-corrected chi connectivity index (χ2v) is 7.90. The van der Waals surface area contributed by atoms with Crippen LogP contribution in [0.4, 0.5) is 35.4 Å². The zero-order chi connectivity index (χ0) is 23.8. The molecule has 1 saturated heterocycles. The summed E-state index contributed by atoms with van der Waals surface area (Å²) in [5.41, 5.74) is 6.33. The number of halogens is 3. The molecule has 0 saturated carbocycles. The summed E-state index contributed by atoms with van der Waals surface area (Å²) in [6.45, 7) is 11.3. The van der Waals surface area contributed by atoms with E-state index in [0.717, 1.165) is 12.1 Å². The largest absolute Gasteiger partial charge is 0.416 e. The fraction of sp³-hybridized carbons (Fsp3) is 0.429. The number of alkyl halides is 3. The summed E-state index contributed by atoms with van der Waals surface area (Å²) in [7, 11) is 0. The fourth-order valence-corrected chi connectivity index (χ4v) is 3.88. The van der Waals surface area contributed by atoms with E-state index in [4.69, 9.17) is 17.0 Å². The minimum Gasteiger partial charge on any atom is -0.399 e. The highest BCUT2D eigenvalue weighted by Gasteiger charge is 2.35. The third-order valence-corrected chi connectivity index (χ3v) is 5.58. The molecule has 0 bridgehead atoms.